The van der Waals surface area contributed by atoms with Crippen molar-refractivity contribution in [3.05, 3.63) is 51.6 Å². The number of carbonyl (C=O) groups excluding carboxylic acids is 8. The summed E-state index contributed by atoms with van der Waals surface area (Å²) >= 11 is 0.882. The number of fused-ring (bicyclic) bond motifs is 3. The van der Waals surface area contributed by atoms with E-state index >= 15 is 0 Å². The first kappa shape index (κ1) is 53.0. The number of nitrogens with zero attached hydrogens (tertiary/aromatic N) is 2. The molecule has 0 spiro atoms. The molecule has 0 radical (unpaired) electrons. The minimum absolute atomic E-state index is 0.0176. The molecule has 0 bridgehead atoms. The van der Waals surface area contributed by atoms with Gasteiger partial charge in [-0.15, -0.1) is 29.7 Å². The first-order valence-corrected chi connectivity index (χ1v) is 24.4. The summed E-state index contributed by atoms with van der Waals surface area (Å²) in [6, 6.07) is 4.38. The Morgan fingerprint density at radius 1 is 0.887 bits per heavy atom. The maximum Gasteiger partial charge on any atom is 0.336 e. The molecular formula is C49H57N3O18S. The second-order valence-corrected chi connectivity index (χ2v) is 19.2. The molecule has 5 fully saturated rings. The van der Waals surface area contributed by atoms with Crippen molar-refractivity contribution in [3.8, 4) is 30.1 Å². The van der Waals surface area contributed by atoms with E-state index in [-0.39, 0.29) is 85.1 Å². The molecule has 0 aromatic heterocycles. The van der Waals surface area contributed by atoms with Gasteiger partial charge in [0.1, 0.15) is 29.1 Å². The van der Waals surface area contributed by atoms with Gasteiger partial charge in [-0.2, -0.15) is 0 Å². The summed E-state index contributed by atoms with van der Waals surface area (Å²) in [7, 11) is 2.33. The van der Waals surface area contributed by atoms with E-state index in [1.54, 1.807) is 0 Å². The summed E-state index contributed by atoms with van der Waals surface area (Å²) in [5, 5.41) is 46.0. The Bertz CT molecular complexity index is 2440. The molecular weight excluding hydrogens is 951 g/mol. The lowest BCUT2D eigenvalue weighted by Gasteiger charge is -2.41. The second-order valence-electron chi connectivity index (χ2n) is 18.0. The molecule has 71 heavy (non-hydrogen) atoms. The number of imide groups is 2. The number of aliphatic hydroxyl groups is 2. The van der Waals surface area contributed by atoms with Crippen molar-refractivity contribution < 1.29 is 87.3 Å². The first-order valence-electron chi connectivity index (χ1n) is 23.3. The largest absolute Gasteiger partial charge is 0.507 e. The molecule has 21 nitrogen and oxygen atoms in total. The van der Waals surface area contributed by atoms with Gasteiger partial charge in [-0.25, -0.2) is 4.79 Å². The number of nitrogens with one attached hydrogen (secondary N) is 1. The highest BCUT2D eigenvalue weighted by molar-refractivity contribution is 8.01. The van der Waals surface area contributed by atoms with E-state index in [9.17, 15) is 53.7 Å². The molecule has 4 amide bonds. The normalized spacial score (nSPS) is 28.2. The van der Waals surface area contributed by atoms with Crippen molar-refractivity contribution in [1.29, 1.82) is 0 Å². The maximum absolute atomic E-state index is 14.3. The van der Waals surface area contributed by atoms with Crippen molar-refractivity contribution in [2.45, 2.75) is 106 Å². The third-order valence-electron chi connectivity index (χ3n) is 13.8. The molecule has 1 unspecified atom stereocenters. The summed E-state index contributed by atoms with van der Waals surface area (Å²) in [5.74, 6) is -7.51. The zero-order valence-electron chi connectivity index (χ0n) is 39.3. The molecule has 7 aliphatic rings. The fraction of sp³-hybridized carbons (Fsp3) is 0.551. The average Bonchev–Trinajstić information content (AvgIpc) is 3.84. The highest BCUT2D eigenvalue weighted by atomic mass is 32.2. The number of ketones is 3. The van der Waals surface area contributed by atoms with Crippen LogP contribution in [0.2, 0.25) is 0 Å². The first-order chi connectivity index (χ1) is 34.1. The number of hydrogen-bond acceptors (Lipinski definition) is 20. The minimum atomic E-state index is -2.29. The quantitative estimate of drug-likeness (QED) is 0.0926. The fourth-order valence-corrected chi connectivity index (χ4v) is 11.3. The molecule has 5 N–H and O–H groups in total. The number of rotatable bonds is 13. The van der Waals surface area contributed by atoms with E-state index in [1.807, 2.05) is 0 Å². The Kier molecular flexibility index (Phi) is 17.0. The Morgan fingerprint density at radius 2 is 1.59 bits per heavy atom. The summed E-state index contributed by atoms with van der Waals surface area (Å²) < 4.78 is 29.4. The van der Waals surface area contributed by atoms with Gasteiger partial charge >= 0.3 is 5.97 Å². The molecule has 4 heterocycles. The molecule has 382 valence electrons. The van der Waals surface area contributed by atoms with Crippen LogP contribution < -0.4 is 10.1 Å². The number of amides is 4. The summed E-state index contributed by atoms with van der Waals surface area (Å²) in [5.41, 5.74) is -3.72. The van der Waals surface area contributed by atoms with Gasteiger partial charge in [0, 0.05) is 75.4 Å². The van der Waals surface area contributed by atoms with Crippen LogP contribution >= 0.6 is 11.8 Å². The summed E-state index contributed by atoms with van der Waals surface area (Å²) in [6.07, 6.45) is 6.23. The van der Waals surface area contributed by atoms with Crippen LogP contribution in [0.5, 0.6) is 17.2 Å². The zero-order chi connectivity index (χ0) is 51.3. The lowest BCUT2D eigenvalue weighted by Crippen LogP contribution is -2.48. The average molecular weight is 1010 g/mol. The van der Waals surface area contributed by atoms with Crippen LogP contribution in [0.15, 0.2) is 18.2 Å². The van der Waals surface area contributed by atoms with E-state index in [2.05, 4.69) is 18.2 Å². The van der Waals surface area contributed by atoms with Gasteiger partial charge < -0.3 is 48.9 Å². The molecule has 2 aromatic rings. The standard InChI is InChI=1S/C46H51N3O17S.C2H2.CH4O/c1-61-27-4-2-3-25-36(27)42(56)39-38(40(25)54)41(55)26-16-46(60,17-28(37(26)43(39)57)65-35-12-9-24(19-63-35)64-31-20-62-14-13-47-31)30(50)21-67-29-15-34(53)48(44(29)58)18-22-5-7-23(8-6-22)45(59)66-49-32(51)10-11-33(49)52;2*1-2/h2-4,22-24,28-29,31,35,47,55,57,60H,5-21H2,1H3;1-2H;2H,1H3/t22?,23?,24-,28-,29?,31+,35-,46-;;/m0../s1. The number of hydrogen-bond donors (Lipinski definition) is 5. The highest BCUT2D eigenvalue weighted by Gasteiger charge is 2.51. The van der Waals surface area contributed by atoms with Crippen LogP contribution in [0.1, 0.15) is 113 Å². The summed E-state index contributed by atoms with van der Waals surface area (Å²) in [4.78, 5) is 112. The van der Waals surface area contributed by atoms with Crippen molar-refractivity contribution in [1.82, 2.24) is 15.3 Å². The van der Waals surface area contributed by atoms with Crippen LogP contribution in [0, 0.1) is 24.7 Å². The molecule has 9 rings (SSSR count). The van der Waals surface area contributed by atoms with Gasteiger partial charge in [0.15, 0.2) is 17.9 Å². The van der Waals surface area contributed by atoms with Gasteiger partial charge in [-0.1, -0.05) is 12.1 Å². The smallest absolute Gasteiger partial charge is 0.336 e. The summed E-state index contributed by atoms with van der Waals surface area (Å²) in [6.45, 7) is 1.78. The number of phenols is 2. The van der Waals surface area contributed by atoms with Crippen LogP contribution in [-0.2, 0) is 59.0 Å². The number of aromatic hydroxyl groups is 2. The number of phenolic OH excluding ortho intramolecular Hbond substituents is 2. The van der Waals surface area contributed by atoms with Crippen molar-refractivity contribution in [2.24, 2.45) is 11.8 Å². The third kappa shape index (κ3) is 10.7. The number of terminal acetylenes is 1. The number of likely N-dealkylation sites (tertiary alicyclic amines) is 1. The molecule has 4 aliphatic heterocycles. The van der Waals surface area contributed by atoms with Crippen LogP contribution in [0.25, 0.3) is 0 Å². The number of benzene rings is 2. The molecule has 22 heteroatoms. The van der Waals surface area contributed by atoms with Crippen molar-refractivity contribution >= 4 is 58.7 Å². The number of hydroxylamine groups is 2. The van der Waals surface area contributed by atoms with Gasteiger partial charge in [-0.3, -0.25) is 43.8 Å². The highest BCUT2D eigenvalue weighted by Crippen LogP contribution is 2.53. The van der Waals surface area contributed by atoms with E-state index in [4.69, 9.17) is 33.6 Å². The number of thioether (sulfide) groups is 1. The lowest BCUT2D eigenvalue weighted by molar-refractivity contribution is -0.233. The van der Waals surface area contributed by atoms with Gasteiger partial charge in [-0.05, 0) is 44.1 Å². The zero-order valence-corrected chi connectivity index (χ0v) is 40.1. The number of morpholine rings is 1. The van der Waals surface area contributed by atoms with Gasteiger partial charge in [0.2, 0.25) is 17.6 Å². The van der Waals surface area contributed by atoms with E-state index in [0.29, 0.717) is 56.9 Å². The third-order valence-corrected chi connectivity index (χ3v) is 15.0. The number of ether oxygens (including phenoxy) is 5. The van der Waals surface area contributed by atoms with Crippen LogP contribution in [0.4, 0.5) is 0 Å². The SMILES string of the molecule is C#C.CO.COc1cccc2c1C(=O)c1c(O)c3c(c(O)c1C2=O)C[C@@](O)(C(=O)CSC1CC(=O)N(CC2CCC(C(=O)ON4C(=O)CCC4=O)CC2)C1=O)C[C@@H]3O[C@H]1CC[C@H](O[C@@H]2COCCN2)CO1. The molecule has 3 aliphatic carbocycles. The topological polar surface area (TPSA) is 291 Å². The Hall–Kier alpha value is -5.77. The van der Waals surface area contributed by atoms with Crippen LogP contribution in [-0.4, -0.2) is 160 Å². The minimum Gasteiger partial charge on any atom is -0.507 e. The predicted molar refractivity (Wildman–Crippen MR) is 246 cm³/mol. The molecule has 2 aromatic carbocycles. The van der Waals surface area contributed by atoms with Gasteiger partial charge in [0.05, 0.1) is 72.7 Å². The second kappa shape index (κ2) is 22.8. The number of methoxy groups -OCH3 is 1. The van der Waals surface area contributed by atoms with Crippen molar-refractivity contribution in [2.75, 3.05) is 52.9 Å². The van der Waals surface area contributed by atoms with E-state index in [1.165, 1.54) is 25.3 Å². The molecule has 6 atom stereocenters. The number of aliphatic hydroxyl groups excluding tert-OH is 1. The van der Waals surface area contributed by atoms with E-state index < -0.39 is 117 Å². The molecule has 1 saturated carbocycles. The predicted octanol–water partition coefficient (Wildman–Crippen LogP) is 1.79. The number of Topliss-reactive ketones (excluding diaryl/α,β-unsaturated/α-hetero) is 1. The Morgan fingerprint density at radius 3 is 2.24 bits per heavy atom. The van der Waals surface area contributed by atoms with Crippen LogP contribution in [0.3, 0.4) is 0 Å². The monoisotopic (exact) mass is 1010 g/mol. The fourth-order valence-electron chi connectivity index (χ4n) is 10.2. The Balaban J connectivity index is 0.00000181. The lowest BCUT2D eigenvalue weighted by atomic mass is 9.72. The molecule has 4 saturated heterocycles. The Labute approximate surface area is 412 Å². The maximum atomic E-state index is 14.3. The van der Waals surface area contributed by atoms with Crippen molar-refractivity contribution in [3.63, 3.8) is 0 Å². The van der Waals surface area contributed by atoms with Gasteiger partial charge in [0.25, 0.3) is 11.8 Å². The van der Waals surface area contributed by atoms with E-state index in [0.717, 1.165) is 23.8 Å². The number of carbonyl (C=O) groups is 8.